The molecule has 0 saturated heterocycles. The second kappa shape index (κ2) is 11.4. The quantitative estimate of drug-likeness (QED) is 0.339. The average Bonchev–Trinajstić information content (AvgIpc) is 3.81. The summed E-state index contributed by atoms with van der Waals surface area (Å²) in [6.45, 7) is 5.62. The predicted molar refractivity (Wildman–Crippen MR) is 156 cm³/mol. The van der Waals surface area contributed by atoms with Crippen LogP contribution < -0.4 is 16.2 Å². The summed E-state index contributed by atoms with van der Waals surface area (Å²) in [7, 11) is 1.53. The summed E-state index contributed by atoms with van der Waals surface area (Å²) in [6, 6.07) is 9.33. The number of halogens is 4. The number of hydrogen-bond donors (Lipinski definition) is 2. The van der Waals surface area contributed by atoms with Crippen LogP contribution in [0.1, 0.15) is 57.3 Å². The maximum absolute atomic E-state index is 14.0. The van der Waals surface area contributed by atoms with Crippen molar-refractivity contribution in [3.63, 3.8) is 0 Å². The van der Waals surface area contributed by atoms with E-state index < -0.39 is 23.7 Å². The first-order valence-electron chi connectivity index (χ1n) is 13.5. The summed E-state index contributed by atoms with van der Waals surface area (Å²) >= 11 is 2.92. The highest BCUT2D eigenvalue weighted by molar-refractivity contribution is 9.10. The van der Waals surface area contributed by atoms with E-state index in [0.717, 1.165) is 18.9 Å². The number of carbonyl (C=O) groups is 2. The van der Waals surface area contributed by atoms with Gasteiger partial charge in [0, 0.05) is 40.3 Å². The van der Waals surface area contributed by atoms with Crippen LogP contribution in [0.4, 0.5) is 19.1 Å². The molecular weight excluding hydrogens is 615 g/mol. The van der Waals surface area contributed by atoms with Gasteiger partial charge in [-0.25, -0.2) is 9.55 Å². The average molecular weight is 644 g/mol. The Bertz CT molecular complexity index is 1620. The van der Waals surface area contributed by atoms with Crippen LogP contribution in [0.2, 0.25) is 0 Å². The molecular formula is C30H29BrF3N5O3. The predicted octanol–water partition coefficient (Wildman–Crippen LogP) is 5.34. The molecule has 2 N–H and O–H groups in total. The Morgan fingerprint density at radius 2 is 1.81 bits per heavy atom. The third-order valence-electron chi connectivity index (χ3n) is 7.69. The highest BCUT2D eigenvalue weighted by atomic mass is 79.9. The molecule has 2 atom stereocenters. The number of nitrogens with zero attached hydrogens (tertiary/aromatic N) is 3. The standard InChI is InChI=1S/C30H29BrF3N5O3/c1-4-24(17-5-6-17)36-29-37-25-15-38(27(41)19-9-12-23(31)22(14-19)30(32,33)34)16(2)13-21(25)28(42)39(29)20-10-7-18(8-11-20)26(40)35-3/h4,7-12,14,16-17,24H,1,5-6,13,15H2,2-3H3,(H,35,40)(H,36,37)/t16-,24+/m1/s1. The number of aromatic nitrogens is 2. The molecule has 3 aromatic rings. The maximum atomic E-state index is 14.0. The number of carbonyl (C=O) groups excluding carboxylic acids is 2. The van der Waals surface area contributed by atoms with Gasteiger partial charge in [-0.3, -0.25) is 14.4 Å². The van der Waals surface area contributed by atoms with Crippen LogP contribution in [0.25, 0.3) is 5.69 Å². The number of anilines is 1. The van der Waals surface area contributed by atoms with Crippen LogP contribution in [0.3, 0.4) is 0 Å². The van der Waals surface area contributed by atoms with E-state index in [1.807, 2.05) is 0 Å². The van der Waals surface area contributed by atoms with E-state index in [1.54, 1.807) is 37.3 Å². The number of rotatable bonds is 7. The smallest absolute Gasteiger partial charge is 0.355 e. The molecule has 12 heteroatoms. The van der Waals surface area contributed by atoms with Crippen LogP contribution in [0.5, 0.6) is 0 Å². The molecule has 1 aliphatic carbocycles. The minimum atomic E-state index is -4.63. The molecule has 42 heavy (non-hydrogen) atoms. The zero-order chi connectivity index (χ0) is 30.3. The van der Waals surface area contributed by atoms with Gasteiger partial charge >= 0.3 is 6.18 Å². The van der Waals surface area contributed by atoms with Crippen LogP contribution in [-0.2, 0) is 19.1 Å². The Kier molecular flexibility index (Phi) is 8.02. The van der Waals surface area contributed by atoms with Gasteiger partial charge < -0.3 is 15.5 Å². The van der Waals surface area contributed by atoms with Gasteiger partial charge in [0.25, 0.3) is 17.4 Å². The van der Waals surface area contributed by atoms with Crippen molar-refractivity contribution in [2.24, 2.45) is 5.92 Å². The Labute approximate surface area is 248 Å². The summed E-state index contributed by atoms with van der Waals surface area (Å²) in [6.07, 6.45) is -0.685. The molecule has 0 bridgehead atoms. The van der Waals surface area contributed by atoms with Crippen molar-refractivity contribution in [3.05, 3.63) is 97.9 Å². The second-order valence-corrected chi connectivity index (χ2v) is 11.4. The molecule has 1 saturated carbocycles. The van der Waals surface area contributed by atoms with Crippen molar-refractivity contribution >= 4 is 33.7 Å². The maximum Gasteiger partial charge on any atom is 0.417 e. The SMILES string of the molecule is C=C[C@H](Nc1nc2c(c(=O)n1-c1ccc(C(=O)NC)cc1)C[C@@H](C)N(C(=O)c1ccc(Br)c(C(F)(F)F)c1)C2)C1CC1. The van der Waals surface area contributed by atoms with Crippen molar-refractivity contribution in [3.8, 4) is 5.69 Å². The van der Waals surface area contributed by atoms with E-state index in [4.69, 9.17) is 4.98 Å². The minimum Gasteiger partial charge on any atom is -0.355 e. The number of alkyl halides is 3. The number of hydrogen-bond acceptors (Lipinski definition) is 5. The topological polar surface area (TPSA) is 96.3 Å². The molecule has 0 spiro atoms. The van der Waals surface area contributed by atoms with E-state index in [9.17, 15) is 27.6 Å². The third-order valence-corrected chi connectivity index (χ3v) is 8.38. The van der Waals surface area contributed by atoms with Crippen molar-refractivity contribution < 1.29 is 22.8 Å². The Hall–Kier alpha value is -3.93. The molecule has 2 aliphatic rings. The van der Waals surface area contributed by atoms with E-state index in [0.29, 0.717) is 28.4 Å². The van der Waals surface area contributed by atoms with E-state index in [2.05, 4.69) is 33.1 Å². The third kappa shape index (κ3) is 5.72. The molecule has 1 fully saturated rings. The zero-order valence-corrected chi connectivity index (χ0v) is 24.6. The number of fused-ring (bicyclic) bond motifs is 1. The summed E-state index contributed by atoms with van der Waals surface area (Å²) in [5.74, 6) is -0.243. The van der Waals surface area contributed by atoms with Gasteiger partial charge in [0.15, 0.2) is 0 Å². The molecule has 2 heterocycles. The van der Waals surface area contributed by atoms with Gasteiger partial charge in [-0.15, -0.1) is 6.58 Å². The van der Waals surface area contributed by atoms with Crippen LogP contribution in [-0.4, -0.2) is 45.4 Å². The molecule has 2 aromatic carbocycles. The van der Waals surface area contributed by atoms with Gasteiger partial charge in [0.1, 0.15) is 0 Å². The van der Waals surface area contributed by atoms with Crippen molar-refractivity contribution in [1.29, 1.82) is 0 Å². The number of amides is 2. The molecule has 5 rings (SSSR count). The minimum absolute atomic E-state index is 0.0463. The van der Waals surface area contributed by atoms with Crippen molar-refractivity contribution in [1.82, 2.24) is 19.8 Å². The molecule has 8 nitrogen and oxygen atoms in total. The molecule has 1 aliphatic heterocycles. The van der Waals surface area contributed by atoms with Gasteiger partial charge in [0.05, 0.1) is 23.5 Å². The van der Waals surface area contributed by atoms with Crippen LogP contribution in [0, 0.1) is 5.92 Å². The highest BCUT2D eigenvalue weighted by Crippen LogP contribution is 2.37. The first kappa shape index (κ1) is 29.6. The monoisotopic (exact) mass is 643 g/mol. The number of nitrogens with one attached hydrogen (secondary N) is 2. The fourth-order valence-electron chi connectivity index (χ4n) is 5.19. The first-order valence-corrected chi connectivity index (χ1v) is 14.3. The van der Waals surface area contributed by atoms with Gasteiger partial charge in [-0.2, -0.15) is 13.2 Å². The van der Waals surface area contributed by atoms with Crippen LogP contribution >= 0.6 is 15.9 Å². The fourth-order valence-corrected chi connectivity index (χ4v) is 5.66. The van der Waals surface area contributed by atoms with E-state index >= 15 is 0 Å². The van der Waals surface area contributed by atoms with Crippen molar-refractivity contribution in [2.75, 3.05) is 12.4 Å². The van der Waals surface area contributed by atoms with Gasteiger partial charge in [-0.05, 0) is 74.6 Å². The molecule has 1 aromatic heterocycles. The van der Waals surface area contributed by atoms with Gasteiger partial charge in [-0.1, -0.05) is 22.0 Å². The Balaban J connectivity index is 1.55. The van der Waals surface area contributed by atoms with Gasteiger partial charge in [0.2, 0.25) is 5.95 Å². The Morgan fingerprint density at radius 3 is 2.40 bits per heavy atom. The summed E-state index contributed by atoms with van der Waals surface area (Å²) in [5.41, 5.74) is 0.356. The van der Waals surface area contributed by atoms with E-state index in [1.165, 1.54) is 28.6 Å². The molecule has 0 unspecified atom stereocenters. The lowest BCUT2D eigenvalue weighted by molar-refractivity contribution is -0.138. The van der Waals surface area contributed by atoms with Crippen molar-refractivity contribution in [2.45, 2.75) is 51.0 Å². The molecule has 220 valence electrons. The van der Waals surface area contributed by atoms with Crippen LogP contribution in [0.15, 0.2) is 64.4 Å². The lowest BCUT2D eigenvalue weighted by Gasteiger charge is -2.35. The first-order chi connectivity index (χ1) is 19.9. The lowest BCUT2D eigenvalue weighted by atomic mass is 9.98. The lowest BCUT2D eigenvalue weighted by Crippen LogP contribution is -2.46. The van der Waals surface area contributed by atoms with E-state index in [-0.39, 0.29) is 46.5 Å². The molecule has 2 amide bonds. The Morgan fingerprint density at radius 1 is 1.14 bits per heavy atom. The summed E-state index contributed by atoms with van der Waals surface area (Å²) in [4.78, 5) is 45.8. The fraction of sp³-hybridized carbons (Fsp3) is 0.333. The summed E-state index contributed by atoms with van der Waals surface area (Å²) < 4.78 is 41.8. The normalized spacial score (nSPS) is 17.3. The molecule has 0 radical (unpaired) electrons. The zero-order valence-electron chi connectivity index (χ0n) is 23.0. The largest absolute Gasteiger partial charge is 0.417 e. The second-order valence-electron chi connectivity index (χ2n) is 10.5. The summed E-state index contributed by atoms with van der Waals surface area (Å²) in [5, 5.41) is 5.90. The highest BCUT2D eigenvalue weighted by Gasteiger charge is 2.36. The number of benzene rings is 2.